The lowest BCUT2D eigenvalue weighted by Crippen LogP contribution is -2.50. The Morgan fingerprint density at radius 3 is 2.50 bits per heavy atom. The third-order valence-corrected chi connectivity index (χ3v) is 3.82. The van der Waals surface area contributed by atoms with Crippen LogP contribution in [0.3, 0.4) is 0 Å². The summed E-state index contributed by atoms with van der Waals surface area (Å²) in [5.41, 5.74) is 6.48. The Hall–Kier alpha value is -1.55. The number of phenolic OH excluding ortho intramolecular Hbond substituents is 1. The lowest BCUT2D eigenvalue weighted by Gasteiger charge is -2.39. The Kier molecular flexibility index (Phi) is 3.87. The average molecular weight is 248 g/mol. The number of hydrogen-bond acceptors (Lipinski definition) is 3. The zero-order valence-corrected chi connectivity index (χ0v) is 10.5. The number of aromatic hydroxyl groups is 1. The Morgan fingerprint density at radius 2 is 2.00 bits per heavy atom. The zero-order chi connectivity index (χ0) is 13.0. The third kappa shape index (κ3) is 2.64. The van der Waals surface area contributed by atoms with Gasteiger partial charge in [-0.3, -0.25) is 4.79 Å². The molecule has 1 fully saturated rings. The maximum atomic E-state index is 12.0. The molecule has 4 nitrogen and oxygen atoms in total. The number of hydrogen-bond donors (Lipinski definition) is 3. The van der Waals surface area contributed by atoms with E-state index in [0.29, 0.717) is 13.1 Å². The van der Waals surface area contributed by atoms with Crippen LogP contribution in [0.1, 0.15) is 24.8 Å². The van der Waals surface area contributed by atoms with E-state index >= 15 is 0 Å². The topological polar surface area (TPSA) is 75.4 Å². The highest BCUT2D eigenvalue weighted by Crippen LogP contribution is 2.39. The van der Waals surface area contributed by atoms with Crippen molar-refractivity contribution in [2.75, 3.05) is 13.1 Å². The van der Waals surface area contributed by atoms with Gasteiger partial charge in [-0.15, -0.1) is 0 Å². The quantitative estimate of drug-likeness (QED) is 0.732. The van der Waals surface area contributed by atoms with Gasteiger partial charge in [0.05, 0.1) is 5.41 Å². The molecule has 0 aromatic heterocycles. The maximum absolute atomic E-state index is 12.0. The molecule has 1 aromatic carbocycles. The number of nitrogens with one attached hydrogen (secondary N) is 1. The first kappa shape index (κ1) is 12.9. The number of rotatable bonds is 5. The minimum atomic E-state index is -0.297. The molecule has 2 rings (SSSR count). The number of carbonyl (C=O) groups is 1. The van der Waals surface area contributed by atoms with Gasteiger partial charge >= 0.3 is 0 Å². The molecule has 0 unspecified atom stereocenters. The van der Waals surface area contributed by atoms with Crippen LogP contribution in [-0.2, 0) is 11.2 Å². The molecule has 1 saturated carbocycles. The number of phenols is 1. The molecule has 0 spiro atoms. The van der Waals surface area contributed by atoms with Crippen LogP contribution in [-0.4, -0.2) is 24.1 Å². The molecule has 1 aliphatic rings. The number of nitrogens with two attached hydrogens (primary N) is 1. The Labute approximate surface area is 107 Å². The summed E-state index contributed by atoms with van der Waals surface area (Å²) < 4.78 is 0. The molecule has 0 radical (unpaired) electrons. The predicted molar refractivity (Wildman–Crippen MR) is 70.2 cm³/mol. The van der Waals surface area contributed by atoms with E-state index in [1.54, 1.807) is 12.1 Å². The second-order valence-electron chi connectivity index (χ2n) is 5.01. The van der Waals surface area contributed by atoms with Crippen LogP contribution < -0.4 is 11.1 Å². The van der Waals surface area contributed by atoms with Gasteiger partial charge in [0.2, 0.25) is 5.91 Å². The lowest BCUT2D eigenvalue weighted by atomic mass is 9.68. The Balaban J connectivity index is 1.78. The van der Waals surface area contributed by atoms with Gasteiger partial charge in [0, 0.05) is 13.1 Å². The van der Waals surface area contributed by atoms with Gasteiger partial charge in [0.25, 0.3) is 0 Å². The van der Waals surface area contributed by atoms with Gasteiger partial charge in [-0.25, -0.2) is 0 Å². The van der Waals surface area contributed by atoms with Crippen LogP contribution in [0.2, 0.25) is 0 Å². The molecule has 4 heteroatoms. The first-order valence-corrected chi connectivity index (χ1v) is 6.43. The molecule has 1 amide bonds. The van der Waals surface area contributed by atoms with Crippen LogP contribution in [0.4, 0.5) is 0 Å². The van der Waals surface area contributed by atoms with E-state index < -0.39 is 0 Å². The van der Waals surface area contributed by atoms with Crippen molar-refractivity contribution >= 4 is 5.91 Å². The van der Waals surface area contributed by atoms with Crippen LogP contribution in [0.25, 0.3) is 0 Å². The van der Waals surface area contributed by atoms with E-state index in [1.165, 1.54) is 0 Å². The normalized spacial score (nSPS) is 16.9. The van der Waals surface area contributed by atoms with Crippen LogP contribution in [0, 0.1) is 5.41 Å². The van der Waals surface area contributed by atoms with Gasteiger partial charge in [-0.1, -0.05) is 18.6 Å². The fourth-order valence-electron chi connectivity index (χ4n) is 2.30. The molecule has 98 valence electrons. The van der Waals surface area contributed by atoms with E-state index in [2.05, 4.69) is 5.32 Å². The molecule has 4 N–H and O–H groups in total. The Morgan fingerprint density at radius 1 is 1.33 bits per heavy atom. The third-order valence-electron chi connectivity index (χ3n) is 3.82. The molecule has 1 aliphatic carbocycles. The lowest BCUT2D eigenvalue weighted by molar-refractivity contribution is -0.135. The van der Waals surface area contributed by atoms with Gasteiger partial charge in [0.1, 0.15) is 5.75 Å². The first-order valence-electron chi connectivity index (χ1n) is 6.43. The highest BCUT2D eigenvalue weighted by molar-refractivity contribution is 5.83. The van der Waals surface area contributed by atoms with Crippen molar-refractivity contribution in [3.05, 3.63) is 29.8 Å². The molecule has 1 aromatic rings. The van der Waals surface area contributed by atoms with E-state index in [4.69, 9.17) is 10.8 Å². The van der Waals surface area contributed by atoms with Gasteiger partial charge in [-0.05, 0) is 37.0 Å². The van der Waals surface area contributed by atoms with Gasteiger partial charge < -0.3 is 16.2 Å². The van der Waals surface area contributed by atoms with Crippen molar-refractivity contribution in [3.63, 3.8) is 0 Å². The second-order valence-corrected chi connectivity index (χ2v) is 5.01. The Bertz CT molecular complexity index is 405. The molecule has 18 heavy (non-hydrogen) atoms. The van der Waals surface area contributed by atoms with Crippen molar-refractivity contribution in [3.8, 4) is 5.75 Å². The zero-order valence-electron chi connectivity index (χ0n) is 10.5. The monoisotopic (exact) mass is 248 g/mol. The highest BCUT2D eigenvalue weighted by atomic mass is 16.3. The van der Waals surface area contributed by atoms with Crippen LogP contribution in [0.5, 0.6) is 5.75 Å². The van der Waals surface area contributed by atoms with Crippen molar-refractivity contribution in [1.29, 1.82) is 0 Å². The summed E-state index contributed by atoms with van der Waals surface area (Å²) in [4.78, 5) is 12.0. The van der Waals surface area contributed by atoms with Gasteiger partial charge in [-0.2, -0.15) is 0 Å². The molecule has 0 heterocycles. The maximum Gasteiger partial charge on any atom is 0.227 e. The molecule has 0 saturated heterocycles. The number of benzene rings is 1. The van der Waals surface area contributed by atoms with Crippen molar-refractivity contribution in [2.45, 2.75) is 25.7 Å². The van der Waals surface area contributed by atoms with Gasteiger partial charge in [0.15, 0.2) is 0 Å². The standard InChI is InChI=1S/C14H20N2O2/c15-10-14(7-1-8-14)13(18)16-9-6-11-2-4-12(17)5-3-11/h2-5,17H,1,6-10,15H2,(H,16,18). The second kappa shape index (κ2) is 5.40. The summed E-state index contributed by atoms with van der Waals surface area (Å²) in [5, 5.41) is 12.1. The summed E-state index contributed by atoms with van der Waals surface area (Å²) in [7, 11) is 0. The highest BCUT2D eigenvalue weighted by Gasteiger charge is 2.42. The smallest absolute Gasteiger partial charge is 0.227 e. The minimum absolute atomic E-state index is 0.0926. The molecule has 0 atom stereocenters. The molecular formula is C14H20N2O2. The SMILES string of the molecule is NCC1(C(=O)NCCc2ccc(O)cc2)CCC1. The average Bonchev–Trinajstić information content (AvgIpc) is 2.31. The van der Waals surface area contributed by atoms with Crippen molar-refractivity contribution in [2.24, 2.45) is 11.1 Å². The first-order chi connectivity index (χ1) is 8.66. The minimum Gasteiger partial charge on any atom is -0.508 e. The summed E-state index contributed by atoms with van der Waals surface area (Å²) in [6.45, 7) is 1.06. The fourth-order valence-corrected chi connectivity index (χ4v) is 2.30. The number of amides is 1. The van der Waals surface area contributed by atoms with E-state index in [0.717, 1.165) is 31.2 Å². The van der Waals surface area contributed by atoms with Crippen LogP contribution in [0.15, 0.2) is 24.3 Å². The fraction of sp³-hybridized carbons (Fsp3) is 0.500. The number of carbonyl (C=O) groups excluding carboxylic acids is 1. The molecule has 0 bridgehead atoms. The molecule has 0 aliphatic heterocycles. The van der Waals surface area contributed by atoms with E-state index in [-0.39, 0.29) is 17.1 Å². The largest absolute Gasteiger partial charge is 0.508 e. The summed E-state index contributed by atoms with van der Waals surface area (Å²) in [5.74, 6) is 0.356. The molecular weight excluding hydrogens is 228 g/mol. The summed E-state index contributed by atoms with van der Waals surface area (Å²) >= 11 is 0. The predicted octanol–water partition coefficient (Wildman–Crippen LogP) is 1.18. The van der Waals surface area contributed by atoms with E-state index in [1.807, 2.05) is 12.1 Å². The van der Waals surface area contributed by atoms with E-state index in [9.17, 15) is 4.79 Å². The van der Waals surface area contributed by atoms with Crippen LogP contribution >= 0.6 is 0 Å². The summed E-state index contributed by atoms with van der Waals surface area (Å²) in [6, 6.07) is 7.04. The van der Waals surface area contributed by atoms with Crippen molar-refractivity contribution in [1.82, 2.24) is 5.32 Å². The summed E-state index contributed by atoms with van der Waals surface area (Å²) in [6.07, 6.45) is 3.69. The van der Waals surface area contributed by atoms with Crippen molar-refractivity contribution < 1.29 is 9.90 Å².